The Morgan fingerprint density at radius 2 is 2.19 bits per heavy atom. The molecule has 0 aromatic carbocycles. The van der Waals surface area contributed by atoms with Crippen LogP contribution < -0.4 is 0 Å². The van der Waals surface area contributed by atoms with Gasteiger partial charge in [-0.25, -0.2) is 8.78 Å². The third kappa shape index (κ3) is 4.86. The fraction of sp³-hybridized carbons (Fsp3) is 0.545. The van der Waals surface area contributed by atoms with Gasteiger partial charge in [0, 0.05) is 31.4 Å². The molecule has 0 aliphatic carbocycles. The van der Waals surface area contributed by atoms with Gasteiger partial charge in [0.05, 0.1) is 6.54 Å². The number of nitrogens with zero attached hydrogens (tertiary/aromatic N) is 2. The number of rotatable bonds is 6. The van der Waals surface area contributed by atoms with Crippen molar-refractivity contribution in [1.29, 1.82) is 0 Å². The van der Waals surface area contributed by atoms with Crippen molar-refractivity contribution in [3.8, 4) is 0 Å². The number of halogens is 3. The van der Waals surface area contributed by atoms with Gasteiger partial charge in [-0.3, -0.25) is 9.88 Å². The zero-order valence-corrected chi connectivity index (χ0v) is 9.92. The molecule has 0 aliphatic rings. The van der Waals surface area contributed by atoms with Gasteiger partial charge in [-0.1, -0.05) is 6.07 Å². The summed E-state index contributed by atoms with van der Waals surface area (Å²) in [5, 5.41) is 0. The maximum Gasteiger partial charge on any atom is 0.251 e. The van der Waals surface area contributed by atoms with Gasteiger partial charge < -0.3 is 0 Å². The summed E-state index contributed by atoms with van der Waals surface area (Å²) in [5.74, 6) is 0.353. The third-order valence-electron chi connectivity index (χ3n) is 2.13. The van der Waals surface area contributed by atoms with Crippen molar-refractivity contribution in [2.24, 2.45) is 0 Å². The lowest BCUT2D eigenvalue weighted by atomic mass is 10.2. The van der Waals surface area contributed by atoms with Crippen LogP contribution in [0.25, 0.3) is 0 Å². The van der Waals surface area contributed by atoms with E-state index in [1.807, 2.05) is 13.0 Å². The van der Waals surface area contributed by atoms with E-state index in [0.717, 1.165) is 11.1 Å². The quantitative estimate of drug-likeness (QED) is 0.720. The number of hydrogen-bond donors (Lipinski definition) is 0. The lowest BCUT2D eigenvalue weighted by molar-refractivity contribution is 0.0878. The zero-order chi connectivity index (χ0) is 12.0. The second-order valence-corrected chi connectivity index (χ2v) is 4.06. The summed E-state index contributed by atoms with van der Waals surface area (Å²) in [6, 6.07) is 1.94. The Morgan fingerprint density at radius 1 is 1.44 bits per heavy atom. The third-order valence-corrected chi connectivity index (χ3v) is 2.30. The highest BCUT2D eigenvalue weighted by Gasteiger charge is 2.12. The molecule has 1 rings (SSSR count). The van der Waals surface area contributed by atoms with Gasteiger partial charge in [-0.15, -0.1) is 11.6 Å². The maximum atomic E-state index is 12.3. The summed E-state index contributed by atoms with van der Waals surface area (Å²) < 4.78 is 24.6. The number of hydrogen-bond acceptors (Lipinski definition) is 2. The van der Waals surface area contributed by atoms with Crippen LogP contribution in [0.2, 0.25) is 0 Å². The summed E-state index contributed by atoms with van der Waals surface area (Å²) in [5.41, 5.74) is 1.96. The molecule has 0 radical (unpaired) electrons. The minimum atomic E-state index is -2.33. The molecule has 5 heteroatoms. The molecular weight excluding hydrogens is 234 g/mol. The Kier molecular flexibility index (Phi) is 5.63. The first-order valence-corrected chi connectivity index (χ1v) is 5.62. The topological polar surface area (TPSA) is 16.1 Å². The Labute approximate surface area is 99.2 Å². The van der Waals surface area contributed by atoms with Crippen LogP contribution in [0.3, 0.4) is 0 Å². The van der Waals surface area contributed by atoms with E-state index < -0.39 is 6.43 Å². The highest BCUT2D eigenvalue weighted by molar-refractivity contribution is 6.18. The molecular formula is C11H15ClF2N2. The molecule has 0 N–H and O–H groups in total. The standard InChI is InChI=1S/C11H15ClF2N2/c1-9-4-10(6-15-5-9)7-16(3-2-12)8-11(13)14/h4-6,11H,2-3,7-8H2,1H3. The van der Waals surface area contributed by atoms with Gasteiger partial charge in [0.15, 0.2) is 0 Å². The average Bonchev–Trinajstić information content (AvgIpc) is 2.16. The van der Waals surface area contributed by atoms with Crippen molar-refractivity contribution in [3.05, 3.63) is 29.6 Å². The first-order chi connectivity index (χ1) is 7.61. The molecule has 1 aromatic heterocycles. The van der Waals surface area contributed by atoms with Crippen molar-refractivity contribution in [2.45, 2.75) is 19.9 Å². The maximum absolute atomic E-state index is 12.3. The zero-order valence-electron chi connectivity index (χ0n) is 9.17. The molecule has 0 fully saturated rings. The SMILES string of the molecule is Cc1cncc(CN(CCCl)CC(F)F)c1. The molecule has 90 valence electrons. The Morgan fingerprint density at radius 3 is 2.75 bits per heavy atom. The normalized spacial score (nSPS) is 11.4. The highest BCUT2D eigenvalue weighted by atomic mass is 35.5. The number of pyridine rings is 1. The fourth-order valence-corrected chi connectivity index (χ4v) is 1.75. The van der Waals surface area contributed by atoms with Gasteiger partial charge in [-0.05, 0) is 18.1 Å². The summed E-state index contributed by atoms with van der Waals surface area (Å²) >= 11 is 5.58. The molecule has 0 atom stereocenters. The van der Waals surface area contributed by atoms with E-state index in [1.54, 1.807) is 17.3 Å². The largest absolute Gasteiger partial charge is 0.292 e. The van der Waals surface area contributed by atoms with E-state index in [9.17, 15) is 8.78 Å². The van der Waals surface area contributed by atoms with E-state index in [-0.39, 0.29) is 6.54 Å². The lowest BCUT2D eigenvalue weighted by Crippen LogP contribution is -2.30. The van der Waals surface area contributed by atoms with Gasteiger partial charge in [-0.2, -0.15) is 0 Å². The fourth-order valence-electron chi connectivity index (χ4n) is 1.51. The molecule has 16 heavy (non-hydrogen) atoms. The van der Waals surface area contributed by atoms with Crippen molar-refractivity contribution < 1.29 is 8.78 Å². The summed E-state index contributed by atoms with van der Waals surface area (Å²) in [4.78, 5) is 5.66. The highest BCUT2D eigenvalue weighted by Crippen LogP contribution is 2.08. The van der Waals surface area contributed by atoms with Gasteiger partial charge in [0.1, 0.15) is 0 Å². The minimum absolute atomic E-state index is 0.249. The molecule has 0 aliphatic heterocycles. The molecule has 2 nitrogen and oxygen atoms in total. The smallest absolute Gasteiger partial charge is 0.251 e. The predicted molar refractivity (Wildman–Crippen MR) is 61.0 cm³/mol. The van der Waals surface area contributed by atoms with Crippen LogP contribution in [-0.4, -0.2) is 35.3 Å². The molecule has 0 saturated carbocycles. The van der Waals surface area contributed by atoms with Crippen molar-refractivity contribution in [3.63, 3.8) is 0 Å². The molecule has 0 spiro atoms. The van der Waals surface area contributed by atoms with E-state index in [4.69, 9.17) is 11.6 Å². The van der Waals surface area contributed by atoms with Crippen LogP contribution in [0.1, 0.15) is 11.1 Å². The lowest BCUT2D eigenvalue weighted by Gasteiger charge is -2.20. The molecule has 0 amide bonds. The van der Waals surface area contributed by atoms with Crippen LogP contribution in [-0.2, 0) is 6.54 Å². The molecule has 0 bridgehead atoms. The molecule has 0 saturated heterocycles. The van der Waals surface area contributed by atoms with Crippen LogP contribution in [0.4, 0.5) is 8.78 Å². The summed E-state index contributed by atoms with van der Waals surface area (Å²) in [7, 11) is 0. The number of aryl methyl sites for hydroxylation is 1. The van der Waals surface area contributed by atoms with Gasteiger partial charge >= 0.3 is 0 Å². The molecule has 1 aromatic rings. The number of aromatic nitrogens is 1. The van der Waals surface area contributed by atoms with E-state index >= 15 is 0 Å². The first-order valence-electron chi connectivity index (χ1n) is 5.09. The van der Waals surface area contributed by atoms with Crippen LogP contribution in [0.15, 0.2) is 18.5 Å². The Balaban J connectivity index is 2.60. The van der Waals surface area contributed by atoms with Gasteiger partial charge in [0.2, 0.25) is 0 Å². The Hall–Kier alpha value is -0.740. The monoisotopic (exact) mass is 248 g/mol. The van der Waals surface area contributed by atoms with Crippen LogP contribution in [0.5, 0.6) is 0 Å². The average molecular weight is 249 g/mol. The second kappa shape index (κ2) is 6.76. The van der Waals surface area contributed by atoms with Crippen molar-refractivity contribution in [2.75, 3.05) is 19.0 Å². The van der Waals surface area contributed by atoms with E-state index in [2.05, 4.69) is 4.98 Å². The van der Waals surface area contributed by atoms with Crippen molar-refractivity contribution in [1.82, 2.24) is 9.88 Å². The van der Waals surface area contributed by atoms with Gasteiger partial charge in [0.25, 0.3) is 6.43 Å². The Bertz CT molecular complexity index is 321. The minimum Gasteiger partial charge on any atom is -0.292 e. The number of alkyl halides is 3. The molecule has 1 heterocycles. The second-order valence-electron chi connectivity index (χ2n) is 3.69. The molecule has 0 unspecified atom stereocenters. The van der Waals surface area contributed by atoms with E-state index in [1.165, 1.54) is 0 Å². The summed E-state index contributed by atoms with van der Waals surface area (Å²) in [6.07, 6.45) is 1.10. The first kappa shape index (κ1) is 13.3. The van der Waals surface area contributed by atoms with Crippen molar-refractivity contribution >= 4 is 11.6 Å². The summed E-state index contributed by atoms with van der Waals surface area (Å²) in [6.45, 7) is 2.60. The van der Waals surface area contributed by atoms with Crippen LogP contribution in [0, 0.1) is 6.92 Å². The van der Waals surface area contributed by atoms with Crippen LogP contribution >= 0.6 is 11.6 Å². The van der Waals surface area contributed by atoms with E-state index in [0.29, 0.717) is 19.0 Å². The predicted octanol–water partition coefficient (Wildman–Crippen LogP) is 2.70.